The summed E-state index contributed by atoms with van der Waals surface area (Å²) in [6.45, 7) is 2.32. The number of thioether (sulfide) groups is 1. The van der Waals surface area contributed by atoms with Gasteiger partial charge < -0.3 is 0 Å². The Kier molecular flexibility index (Phi) is 2.70. The summed E-state index contributed by atoms with van der Waals surface area (Å²) in [5.41, 5.74) is 0. The molecule has 1 rings (SSSR count). The smallest absolute Gasteiger partial charge is 0.0239 e. The van der Waals surface area contributed by atoms with E-state index in [4.69, 9.17) is 0 Å². The summed E-state index contributed by atoms with van der Waals surface area (Å²) < 4.78 is 0. The van der Waals surface area contributed by atoms with Crippen LogP contribution in [0.4, 0.5) is 0 Å². The normalized spacial score (nSPS) is 39.8. The van der Waals surface area contributed by atoms with Crippen molar-refractivity contribution in [2.45, 2.75) is 18.2 Å². The van der Waals surface area contributed by atoms with Crippen LogP contribution in [-0.2, 0) is 0 Å². The first-order valence-electron chi connectivity index (χ1n) is 3.01. The van der Waals surface area contributed by atoms with E-state index in [1.165, 1.54) is 17.9 Å². The molecule has 0 nitrogen and oxygen atoms in total. The van der Waals surface area contributed by atoms with Crippen molar-refractivity contribution in [1.82, 2.24) is 0 Å². The molecule has 1 saturated heterocycles. The van der Waals surface area contributed by atoms with Crippen LogP contribution in [0.25, 0.3) is 0 Å². The van der Waals surface area contributed by atoms with Gasteiger partial charge in [-0.3, -0.25) is 0 Å². The molecule has 2 heteroatoms. The predicted octanol–water partition coefficient (Wildman–Crippen LogP) is 2.52. The van der Waals surface area contributed by atoms with Crippen LogP contribution in [0.1, 0.15) is 13.3 Å². The second-order valence-corrected chi connectivity index (χ2v) is 4.85. The van der Waals surface area contributed by atoms with E-state index < -0.39 is 0 Å². The van der Waals surface area contributed by atoms with Gasteiger partial charge in [-0.05, 0) is 18.1 Å². The summed E-state index contributed by atoms with van der Waals surface area (Å²) in [7, 11) is 0. The molecule has 0 aromatic heterocycles. The maximum atomic E-state index is 3.61. The fourth-order valence-electron chi connectivity index (χ4n) is 0.970. The van der Waals surface area contributed by atoms with Gasteiger partial charge in [0.2, 0.25) is 0 Å². The predicted molar refractivity (Wildman–Crippen MR) is 43.8 cm³/mol. The van der Waals surface area contributed by atoms with Crippen LogP contribution < -0.4 is 0 Å². The molecule has 1 heterocycles. The molecular weight excluding hydrogens is 184 g/mol. The van der Waals surface area contributed by atoms with Crippen molar-refractivity contribution in [2.24, 2.45) is 5.92 Å². The van der Waals surface area contributed by atoms with Gasteiger partial charge >= 0.3 is 0 Å². The Morgan fingerprint density at radius 2 is 2.25 bits per heavy atom. The highest BCUT2D eigenvalue weighted by Gasteiger charge is 2.15. The second-order valence-electron chi connectivity index (χ2n) is 2.48. The third kappa shape index (κ3) is 1.98. The van der Waals surface area contributed by atoms with Gasteiger partial charge in [-0.2, -0.15) is 11.8 Å². The SMILES string of the molecule is C[C@H]1CSC[C@@H](Br)C1. The van der Waals surface area contributed by atoms with E-state index in [1.807, 2.05) is 0 Å². The van der Waals surface area contributed by atoms with Gasteiger partial charge in [-0.1, -0.05) is 22.9 Å². The molecule has 0 bridgehead atoms. The molecule has 0 aromatic carbocycles. The maximum absolute atomic E-state index is 3.61. The van der Waals surface area contributed by atoms with E-state index in [1.54, 1.807) is 0 Å². The van der Waals surface area contributed by atoms with Crippen molar-refractivity contribution in [3.8, 4) is 0 Å². The third-order valence-electron chi connectivity index (χ3n) is 1.36. The average molecular weight is 195 g/mol. The van der Waals surface area contributed by atoms with Crippen LogP contribution in [0.2, 0.25) is 0 Å². The van der Waals surface area contributed by atoms with E-state index in [0.29, 0.717) is 0 Å². The van der Waals surface area contributed by atoms with E-state index in [0.717, 1.165) is 10.7 Å². The molecule has 0 N–H and O–H groups in total. The minimum absolute atomic E-state index is 0.788. The standard InChI is InChI=1S/C6H11BrS/c1-5-2-6(7)4-8-3-5/h5-6H,2-4H2,1H3/t5-,6+/m1/s1. The zero-order valence-corrected chi connectivity index (χ0v) is 7.46. The van der Waals surface area contributed by atoms with Crippen molar-refractivity contribution < 1.29 is 0 Å². The maximum Gasteiger partial charge on any atom is 0.0239 e. The van der Waals surface area contributed by atoms with Gasteiger partial charge in [0.05, 0.1) is 0 Å². The molecule has 2 atom stereocenters. The third-order valence-corrected chi connectivity index (χ3v) is 3.93. The first-order chi connectivity index (χ1) is 3.79. The Morgan fingerprint density at radius 1 is 1.50 bits per heavy atom. The molecule has 0 aromatic rings. The van der Waals surface area contributed by atoms with E-state index in [2.05, 4.69) is 34.6 Å². The van der Waals surface area contributed by atoms with Gasteiger partial charge in [0.1, 0.15) is 0 Å². The topological polar surface area (TPSA) is 0 Å². The Morgan fingerprint density at radius 3 is 2.62 bits per heavy atom. The zero-order valence-electron chi connectivity index (χ0n) is 5.06. The van der Waals surface area contributed by atoms with Gasteiger partial charge in [0, 0.05) is 10.6 Å². The van der Waals surface area contributed by atoms with Crippen molar-refractivity contribution in [2.75, 3.05) is 11.5 Å². The lowest BCUT2D eigenvalue weighted by Crippen LogP contribution is -2.16. The van der Waals surface area contributed by atoms with Crippen molar-refractivity contribution in [1.29, 1.82) is 0 Å². The Labute approximate surface area is 63.5 Å². The minimum atomic E-state index is 0.788. The number of hydrogen-bond donors (Lipinski definition) is 0. The van der Waals surface area contributed by atoms with Crippen molar-refractivity contribution in [3.05, 3.63) is 0 Å². The lowest BCUT2D eigenvalue weighted by atomic mass is 10.1. The second kappa shape index (κ2) is 3.11. The fraction of sp³-hybridized carbons (Fsp3) is 1.00. The molecule has 0 radical (unpaired) electrons. The summed E-state index contributed by atoms with van der Waals surface area (Å²) in [6, 6.07) is 0. The number of halogens is 1. The van der Waals surface area contributed by atoms with Gasteiger partial charge in [-0.25, -0.2) is 0 Å². The van der Waals surface area contributed by atoms with E-state index >= 15 is 0 Å². The lowest BCUT2D eigenvalue weighted by Gasteiger charge is -2.21. The summed E-state index contributed by atoms with van der Waals surface area (Å²) >= 11 is 5.67. The minimum Gasteiger partial charge on any atom is -0.161 e. The Balaban J connectivity index is 2.23. The van der Waals surface area contributed by atoms with E-state index in [9.17, 15) is 0 Å². The fourth-order valence-corrected chi connectivity index (χ4v) is 3.24. The van der Waals surface area contributed by atoms with Gasteiger partial charge in [0.25, 0.3) is 0 Å². The average Bonchev–Trinajstić information content (AvgIpc) is 1.64. The number of hydrogen-bond acceptors (Lipinski definition) is 1. The van der Waals surface area contributed by atoms with Crippen LogP contribution in [-0.4, -0.2) is 16.3 Å². The molecular formula is C6H11BrS. The molecule has 48 valence electrons. The summed E-state index contributed by atoms with van der Waals surface area (Å²) in [6.07, 6.45) is 1.37. The van der Waals surface area contributed by atoms with Crippen LogP contribution in [0.15, 0.2) is 0 Å². The van der Waals surface area contributed by atoms with E-state index in [-0.39, 0.29) is 0 Å². The highest BCUT2D eigenvalue weighted by Crippen LogP contribution is 2.26. The lowest BCUT2D eigenvalue weighted by molar-refractivity contribution is 0.587. The molecule has 1 aliphatic heterocycles. The Hall–Kier alpha value is 0.830. The highest BCUT2D eigenvalue weighted by atomic mass is 79.9. The molecule has 0 saturated carbocycles. The quantitative estimate of drug-likeness (QED) is 0.535. The highest BCUT2D eigenvalue weighted by molar-refractivity contribution is 9.09. The van der Waals surface area contributed by atoms with Crippen LogP contribution >= 0.6 is 27.7 Å². The van der Waals surface area contributed by atoms with Gasteiger partial charge in [-0.15, -0.1) is 0 Å². The molecule has 0 amide bonds. The zero-order chi connectivity index (χ0) is 5.98. The molecule has 0 aliphatic carbocycles. The van der Waals surface area contributed by atoms with Crippen LogP contribution in [0.5, 0.6) is 0 Å². The van der Waals surface area contributed by atoms with Crippen LogP contribution in [0, 0.1) is 5.92 Å². The molecule has 1 aliphatic rings. The summed E-state index contributed by atoms with van der Waals surface area (Å²) in [5, 5.41) is 0. The first-order valence-corrected chi connectivity index (χ1v) is 5.08. The monoisotopic (exact) mass is 194 g/mol. The molecule has 0 spiro atoms. The number of rotatable bonds is 0. The van der Waals surface area contributed by atoms with Crippen molar-refractivity contribution >= 4 is 27.7 Å². The van der Waals surface area contributed by atoms with Crippen molar-refractivity contribution in [3.63, 3.8) is 0 Å². The summed E-state index contributed by atoms with van der Waals surface area (Å²) in [5.74, 6) is 3.60. The molecule has 1 fully saturated rings. The molecule has 0 unspecified atom stereocenters. The molecule has 8 heavy (non-hydrogen) atoms. The summed E-state index contributed by atoms with van der Waals surface area (Å²) in [4.78, 5) is 0.788. The Bertz CT molecular complexity index is 66.9. The largest absolute Gasteiger partial charge is 0.161 e. The van der Waals surface area contributed by atoms with Gasteiger partial charge in [0.15, 0.2) is 0 Å². The van der Waals surface area contributed by atoms with Crippen LogP contribution in [0.3, 0.4) is 0 Å². The first kappa shape index (κ1) is 6.94. The number of alkyl halides is 1.